The molecule has 13 atom stereocenters. The molecule has 13 unspecified atom stereocenters. The average molecular weight is 777 g/mol. The molecular weight excluding hydrogens is 716 g/mol. The first kappa shape index (κ1) is 41.7. The minimum atomic E-state index is -4.40. The number of alkyl halides is 5. The average Bonchev–Trinajstić information content (AvgIpc) is 3.50. The summed E-state index contributed by atoms with van der Waals surface area (Å²) in [5, 5.41) is 9.07. The zero-order valence-electron chi connectivity index (χ0n) is 31.0. The number of hydrazine groups is 1. The van der Waals surface area contributed by atoms with Crippen molar-refractivity contribution in [1.29, 1.82) is 0 Å². The van der Waals surface area contributed by atoms with E-state index in [-0.39, 0.29) is 49.9 Å². The smallest absolute Gasteiger partial charge is 0.158 e. The maximum absolute atomic E-state index is 16.1. The Bertz CT molecular complexity index is 1220. The van der Waals surface area contributed by atoms with E-state index in [2.05, 4.69) is 62.5 Å². The number of hydrogen-bond acceptors (Lipinski definition) is 12. The van der Waals surface area contributed by atoms with Crippen LogP contribution in [-0.2, 0) is 14.6 Å². The fraction of sp³-hybridized carbons (Fsp3) is 1.00. The number of halogens is 5. The van der Waals surface area contributed by atoms with Crippen LogP contribution in [0.4, 0.5) is 22.0 Å². The van der Waals surface area contributed by atoms with Gasteiger partial charge in [-0.1, -0.05) is 6.92 Å². The van der Waals surface area contributed by atoms with Crippen molar-refractivity contribution in [2.24, 2.45) is 11.8 Å². The molecule has 0 bridgehead atoms. The van der Waals surface area contributed by atoms with Crippen molar-refractivity contribution in [3.05, 3.63) is 0 Å². The van der Waals surface area contributed by atoms with Crippen LogP contribution in [0.3, 0.4) is 0 Å². The highest BCUT2D eigenvalue weighted by Crippen LogP contribution is 2.48. The minimum absolute atomic E-state index is 0.0269. The van der Waals surface area contributed by atoms with Gasteiger partial charge in [-0.2, -0.15) is 0 Å². The van der Waals surface area contributed by atoms with E-state index in [1.54, 1.807) is 7.11 Å². The molecule has 0 radical (unpaired) electrons. The molecule has 0 spiro atoms. The lowest BCUT2D eigenvalue weighted by Gasteiger charge is -2.50. The number of thioether (sulfide) groups is 1. The first-order chi connectivity index (χ1) is 24.0. The van der Waals surface area contributed by atoms with Crippen molar-refractivity contribution in [1.82, 2.24) is 41.5 Å². The zero-order valence-corrected chi connectivity index (χ0v) is 32.6. The molecule has 3 heterocycles. The van der Waals surface area contributed by atoms with Crippen molar-refractivity contribution in [3.63, 3.8) is 0 Å². The molecule has 5 fully saturated rings. The third-order valence-electron chi connectivity index (χ3n) is 12.0. The monoisotopic (exact) mass is 776 g/mol. The second kappa shape index (κ2) is 17.2. The van der Waals surface area contributed by atoms with Crippen molar-refractivity contribution >= 4 is 21.6 Å². The number of ether oxygens (including phenoxy) is 1. The predicted molar refractivity (Wildman–Crippen MR) is 191 cm³/mol. The fourth-order valence-corrected chi connectivity index (χ4v) is 12.3. The molecule has 2 aliphatic carbocycles. The van der Waals surface area contributed by atoms with E-state index in [0.29, 0.717) is 0 Å². The molecule has 5 rings (SSSR count). The van der Waals surface area contributed by atoms with Crippen LogP contribution in [0.5, 0.6) is 0 Å². The molecule has 11 nitrogen and oxygen atoms in total. The summed E-state index contributed by atoms with van der Waals surface area (Å²) in [4.78, 5) is 6.99. The lowest BCUT2D eigenvalue weighted by Crippen LogP contribution is -2.75. The van der Waals surface area contributed by atoms with Crippen molar-refractivity contribution in [2.75, 3.05) is 60.5 Å². The van der Waals surface area contributed by atoms with E-state index in [1.165, 1.54) is 11.8 Å². The summed E-state index contributed by atoms with van der Waals surface area (Å²) in [6, 6.07) is 0.273. The molecule has 0 amide bonds. The van der Waals surface area contributed by atoms with E-state index in [4.69, 9.17) is 4.74 Å². The summed E-state index contributed by atoms with van der Waals surface area (Å²) in [5.41, 5.74) is 6.11. The third kappa shape index (κ3) is 9.02. The quantitative estimate of drug-likeness (QED) is 0.187. The summed E-state index contributed by atoms with van der Waals surface area (Å²) in [7, 11) is 1.42. The maximum atomic E-state index is 16.1. The summed E-state index contributed by atoms with van der Waals surface area (Å²) in [6.07, 6.45) is -11.2. The lowest BCUT2D eigenvalue weighted by atomic mass is 9.72. The van der Waals surface area contributed by atoms with E-state index in [0.717, 1.165) is 66.5 Å². The Morgan fingerprint density at radius 1 is 0.922 bits per heavy atom. The Hall–Kier alpha value is -0.410. The third-order valence-corrected chi connectivity index (χ3v) is 16.4. The Labute approximate surface area is 305 Å². The van der Waals surface area contributed by atoms with Crippen LogP contribution in [0.25, 0.3) is 0 Å². The van der Waals surface area contributed by atoms with Gasteiger partial charge in [0.15, 0.2) is 9.84 Å². The maximum Gasteiger partial charge on any atom is 0.158 e. The number of sulfone groups is 1. The predicted octanol–water partition coefficient (Wildman–Crippen LogP) is 1.92. The van der Waals surface area contributed by atoms with Gasteiger partial charge in [0.25, 0.3) is 0 Å². The number of piperazine rings is 1. The Balaban J connectivity index is 1.26. The summed E-state index contributed by atoms with van der Waals surface area (Å²) < 4.78 is 108. The molecule has 0 aromatic heterocycles. The summed E-state index contributed by atoms with van der Waals surface area (Å²) >= 11 is 1.37. The molecule has 18 heteroatoms. The van der Waals surface area contributed by atoms with Gasteiger partial charge in [0.1, 0.15) is 42.5 Å². The molecule has 0 aromatic carbocycles. The highest BCUT2D eigenvalue weighted by molar-refractivity contribution is 8.00. The lowest BCUT2D eigenvalue weighted by molar-refractivity contribution is -0.0821. The van der Waals surface area contributed by atoms with Crippen LogP contribution in [-0.4, -0.2) is 166 Å². The standard InChI is InChI=1S/C33H61F5N8O3S2/c1-18-16-23(43-42-18)39-30-29(49-7)31(46-14-12-45(13-15-46)11-10-44(5)6)41-32(40-30)50-22-9-8-20(17-21(22)34)51(47,48)33(3,4)24-27(37)25(35)19(2)26(36)28(24)38/h18-32,39-43H,8-17H2,1-7H3. The summed E-state index contributed by atoms with van der Waals surface area (Å²) in [6.45, 7) is 10.9. The van der Waals surface area contributed by atoms with E-state index >= 15 is 13.2 Å². The Morgan fingerprint density at radius 2 is 1.57 bits per heavy atom. The molecule has 3 saturated heterocycles. The largest absolute Gasteiger partial charge is 0.375 e. The molecule has 0 aromatic rings. The van der Waals surface area contributed by atoms with Crippen LogP contribution >= 0.6 is 11.8 Å². The zero-order chi connectivity index (χ0) is 37.4. The van der Waals surface area contributed by atoms with Crippen LogP contribution in [0.1, 0.15) is 53.4 Å². The van der Waals surface area contributed by atoms with Gasteiger partial charge < -0.3 is 9.64 Å². The van der Waals surface area contributed by atoms with Gasteiger partial charge in [-0.3, -0.25) is 31.2 Å². The van der Waals surface area contributed by atoms with Crippen molar-refractivity contribution < 1.29 is 35.1 Å². The number of methoxy groups -OCH3 is 1. The fourth-order valence-electron chi connectivity index (χ4n) is 8.56. The number of nitrogens with one attached hydrogen (secondary N) is 5. The molecule has 298 valence electrons. The van der Waals surface area contributed by atoms with Crippen molar-refractivity contribution in [3.8, 4) is 0 Å². The van der Waals surface area contributed by atoms with Gasteiger partial charge in [-0.15, -0.1) is 11.8 Å². The number of nitrogens with zero attached hydrogens (tertiary/aromatic N) is 3. The molecule has 51 heavy (non-hydrogen) atoms. The second-order valence-electron chi connectivity index (χ2n) is 16.1. The van der Waals surface area contributed by atoms with Gasteiger partial charge in [-0.05, 0) is 60.5 Å². The van der Waals surface area contributed by atoms with Crippen LogP contribution in [0.2, 0.25) is 0 Å². The minimum Gasteiger partial charge on any atom is -0.375 e. The Kier molecular flexibility index (Phi) is 14.1. The molecule has 3 aliphatic heterocycles. The van der Waals surface area contributed by atoms with E-state index in [9.17, 15) is 17.2 Å². The normalized spacial score (nSPS) is 43.9. The van der Waals surface area contributed by atoms with Gasteiger partial charge in [-0.25, -0.2) is 35.8 Å². The van der Waals surface area contributed by atoms with Gasteiger partial charge >= 0.3 is 0 Å². The number of hydrogen-bond donors (Lipinski definition) is 5. The first-order valence-electron chi connectivity index (χ1n) is 18.5. The SMILES string of the molecule is COC1C(NC2CC(C)NN2)NC(SC2CCC(S(=O)(=O)C(C)(C)C3C(F)C(F)C(C)C(F)C3F)CC2F)NC1N1CCN(CCN(C)C)CC1. The molecule has 5 N–H and O–H groups in total. The van der Waals surface area contributed by atoms with Crippen LogP contribution < -0.4 is 26.8 Å². The van der Waals surface area contributed by atoms with Crippen molar-refractivity contribution in [2.45, 2.75) is 136 Å². The topological polar surface area (TPSA) is 113 Å². The van der Waals surface area contributed by atoms with Crippen LogP contribution in [0.15, 0.2) is 0 Å². The van der Waals surface area contributed by atoms with Crippen LogP contribution in [0, 0.1) is 11.8 Å². The molecular formula is C33H61F5N8O3S2. The second-order valence-corrected chi connectivity index (χ2v) is 20.3. The van der Waals surface area contributed by atoms with Gasteiger partial charge in [0.05, 0.1) is 28.5 Å². The highest BCUT2D eigenvalue weighted by Gasteiger charge is 2.61. The van der Waals surface area contributed by atoms with E-state index in [1.807, 2.05) is 0 Å². The molecule has 2 saturated carbocycles. The Morgan fingerprint density at radius 3 is 2.12 bits per heavy atom. The number of likely N-dealkylation sites (N-methyl/N-ethyl adjacent to an activating group) is 1. The van der Waals surface area contributed by atoms with Gasteiger partial charge in [0, 0.05) is 69.5 Å². The first-order valence-corrected chi connectivity index (χ1v) is 21.0. The molecule has 5 aliphatic rings. The summed E-state index contributed by atoms with van der Waals surface area (Å²) in [5.74, 6) is -3.57. The highest BCUT2D eigenvalue weighted by atomic mass is 32.2. The number of rotatable bonds is 12. The van der Waals surface area contributed by atoms with E-state index < -0.39 is 73.3 Å². The van der Waals surface area contributed by atoms with Gasteiger partial charge in [0.2, 0.25) is 0 Å².